The van der Waals surface area contributed by atoms with Crippen LogP contribution in [0.4, 0.5) is 0 Å². The summed E-state index contributed by atoms with van der Waals surface area (Å²) in [6, 6.07) is 8.81. The Kier molecular flexibility index (Phi) is 3.96. The fourth-order valence-corrected chi connectivity index (χ4v) is 3.27. The van der Waals surface area contributed by atoms with E-state index in [9.17, 15) is 0 Å². The highest BCUT2D eigenvalue weighted by Crippen LogP contribution is 2.33. The van der Waals surface area contributed by atoms with Gasteiger partial charge >= 0.3 is 0 Å². The van der Waals surface area contributed by atoms with Crippen LogP contribution in [0.15, 0.2) is 24.3 Å². The molecule has 1 aromatic rings. The van der Waals surface area contributed by atoms with Gasteiger partial charge in [0.1, 0.15) is 0 Å². The fourth-order valence-electron chi connectivity index (χ4n) is 3.27. The van der Waals surface area contributed by atoms with Gasteiger partial charge in [-0.3, -0.25) is 0 Å². The minimum absolute atomic E-state index is 0.333. The maximum absolute atomic E-state index is 6.02. The van der Waals surface area contributed by atoms with Crippen LogP contribution in [0.3, 0.4) is 0 Å². The Balaban J connectivity index is 1.69. The van der Waals surface area contributed by atoms with Gasteiger partial charge in [0.2, 0.25) is 0 Å². The lowest BCUT2D eigenvalue weighted by atomic mass is 9.89. The van der Waals surface area contributed by atoms with Crippen LogP contribution in [-0.4, -0.2) is 19.7 Å². The monoisotopic (exact) mass is 245 g/mol. The minimum Gasteiger partial charge on any atom is -0.373 e. The van der Waals surface area contributed by atoms with Gasteiger partial charge in [-0.2, -0.15) is 0 Å². The molecule has 2 heteroatoms. The van der Waals surface area contributed by atoms with Gasteiger partial charge < -0.3 is 10.1 Å². The predicted octanol–water partition coefficient (Wildman–Crippen LogP) is 3.08. The fraction of sp³-hybridized carbons (Fsp3) is 0.625. The van der Waals surface area contributed by atoms with Crippen LogP contribution in [-0.2, 0) is 11.2 Å². The summed E-state index contributed by atoms with van der Waals surface area (Å²) >= 11 is 0. The summed E-state index contributed by atoms with van der Waals surface area (Å²) in [6.45, 7) is 3.25. The van der Waals surface area contributed by atoms with E-state index >= 15 is 0 Å². The lowest BCUT2D eigenvalue weighted by molar-refractivity contribution is 0.0248. The largest absolute Gasteiger partial charge is 0.373 e. The van der Waals surface area contributed by atoms with Crippen molar-refractivity contribution in [2.75, 3.05) is 19.7 Å². The van der Waals surface area contributed by atoms with E-state index < -0.39 is 0 Å². The topological polar surface area (TPSA) is 21.3 Å². The number of benzene rings is 1. The molecule has 1 fully saturated rings. The Morgan fingerprint density at radius 1 is 1.22 bits per heavy atom. The van der Waals surface area contributed by atoms with Gasteiger partial charge in [-0.05, 0) is 55.8 Å². The highest BCUT2D eigenvalue weighted by Gasteiger charge is 2.24. The van der Waals surface area contributed by atoms with Gasteiger partial charge in [0, 0.05) is 0 Å². The van der Waals surface area contributed by atoms with Crippen LogP contribution in [0.25, 0.3) is 0 Å². The zero-order chi connectivity index (χ0) is 12.2. The summed E-state index contributed by atoms with van der Waals surface area (Å²) < 4.78 is 6.02. The molecule has 0 radical (unpaired) electrons. The van der Waals surface area contributed by atoms with E-state index in [1.807, 2.05) is 0 Å². The van der Waals surface area contributed by atoms with Gasteiger partial charge in [0.25, 0.3) is 0 Å². The van der Waals surface area contributed by atoms with Crippen molar-refractivity contribution in [1.29, 1.82) is 0 Å². The van der Waals surface area contributed by atoms with Gasteiger partial charge in [-0.15, -0.1) is 0 Å². The van der Waals surface area contributed by atoms with Gasteiger partial charge in [0.05, 0.1) is 12.7 Å². The van der Waals surface area contributed by atoms with Crippen LogP contribution < -0.4 is 5.32 Å². The Labute approximate surface area is 110 Å². The highest BCUT2D eigenvalue weighted by molar-refractivity contribution is 5.30. The first kappa shape index (κ1) is 12.2. The molecular weight excluding hydrogens is 222 g/mol. The third-order valence-corrected chi connectivity index (χ3v) is 4.29. The first-order valence-corrected chi connectivity index (χ1v) is 7.33. The first-order chi connectivity index (χ1) is 8.93. The summed E-state index contributed by atoms with van der Waals surface area (Å²) in [4.78, 5) is 0. The lowest BCUT2D eigenvalue weighted by Gasteiger charge is -2.29. The summed E-state index contributed by atoms with van der Waals surface area (Å²) in [6.07, 6.45) is 6.65. The molecule has 2 heterocycles. The highest BCUT2D eigenvalue weighted by atomic mass is 16.5. The molecule has 0 bridgehead atoms. The van der Waals surface area contributed by atoms with Crippen molar-refractivity contribution in [1.82, 2.24) is 5.32 Å². The zero-order valence-electron chi connectivity index (χ0n) is 11.0. The second kappa shape index (κ2) is 5.85. The summed E-state index contributed by atoms with van der Waals surface area (Å²) in [5.74, 6) is 0.781. The molecule has 2 aliphatic rings. The van der Waals surface area contributed by atoms with E-state index in [1.54, 1.807) is 0 Å². The zero-order valence-corrected chi connectivity index (χ0v) is 11.0. The summed E-state index contributed by atoms with van der Waals surface area (Å²) in [5.41, 5.74) is 2.93. The minimum atomic E-state index is 0.333. The molecule has 3 rings (SSSR count). The number of ether oxygens (including phenoxy) is 1. The molecule has 2 atom stereocenters. The number of rotatable bonds is 2. The normalized spacial score (nSPS) is 28.4. The van der Waals surface area contributed by atoms with Gasteiger partial charge in [-0.25, -0.2) is 0 Å². The summed E-state index contributed by atoms with van der Waals surface area (Å²) in [7, 11) is 0. The molecule has 2 aliphatic heterocycles. The van der Waals surface area contributed by atoms with Crippen molar-refractivity contribution in [3.63, 3.8) is 0 Å². The molecule has 0 aromatic heterocycles. The predicted molar refractivity (Wildman–Crippen MR) is 73.7 cm³/mol. The molecule has 0 saturated carbocycles. The molecule has 1 aromatic carbocycles. The third kappa shape index (κ3) is 2.76. The Morgan fingerprint density at radius 3 is 3.17 bits per heavy atom. The van der Waals surface area contributed by atoms with Crippen LogP contribution in [0.1, 0.15) is 42.9 Å². The lowest BCUT2D eigenvalue weighted by Crippen LogP contribution is -2.25. The maximum Gasteiger partial charge on any atom is 0.0830 e. The maximum atomic E-state index is 6.02. The first-order valence-electron chi connectivity index (χ1n) is 7.33. The van der Waals surface area contributed by atoms with E-state index in [0.717, 1.165) is 18.9 Å². The molecule has 1 N–H and O–H groups in total. The number of hydrogen-bond acceptors (Lipinski definition) is 2. The van der Waals surface area contributed by atoms with Crippen molar-refractivity contribution < 1.29 is 4.74 Å². The van der Waals surface area contributed by atoms with Crippen molar-refractivity contribution in [2.24, 2.45) is 5.92 Å². The van der Waals surface area contributed by atoms with Crippen molar-refractivity contribution >= 4 is 0 Å². The van der Waals surface area contributed by atoms with Gasteiger partial charge in [0.15, 0.2) is 0 Å². The van der Waals surface area contributed by atoms with E-state index in [1.165, 1.54) is 49.9 Å². The molecular formula is C16H23NO. The Morgan fingerprint density at radius 2 is 2.17 bits per heavy atom. The SMILES string of the molecule is c1ccc2c(c1)CCOC2CC1CCCCNC1. The Bertz CT molecular complexity index is 382. The average Bonchev–Trinajstić information content (AvgIpc) is 2.68. The quantitative estimate of drug-likeness (QED) is 0.864. The molecule has 0 amide bonds. The number of nitrogens with one attached hydrogen (secondary N) is 1. The number of hydrogen-bond donors (Lipinski definition) is 1. The molecule has 18 heavy (non-hydrogen) atoms. The van der Waals surface area contributed by atoms with Gasteiger partial charge in [-0.1, -0.05) is 30.7 Å². The average molecular weight is 245 g/mol. The van der Waals surface area contributed by atoms with Crippen LogP contribution in [0.2, 0.25) is 0 Å². The number of fused-ring (bicyclic) bond motifs is 1. The second-order valence-corrected chi connectivity index (χ2v) is 5.61. The molecule has 2 unspecified atom stereocenters. The second-order valence-electron chi connectivity index (χ2n) is 5.61. The van der Waals surface area contributed by atoms with Crippen molar-refractivity contribution in [3.05, 3.63) is 35.4 Å². The standard InChI is InChI=1S/C16H23NO/c1-2-7-15-14(6-1)8-10-18-16(15)11-13-5-3-4-9-17-12-13/h1-2,6-7,13,16-17H,3-5,8-12H2. The van der Waals surface area contributed by atoms with E-state index in [4.69, 9.17) is 4.74 Å². The third-order valence-electron chi connectivity index (χ3n) is 4.29. The van der Waals surface area contributed by atoms with Crippen molar-refractivity contribution in [3.8, 4) is 0 Å². The van der Waals surface area contributed by atoms with E-state index in [-0.39, 0.29) is 0 Å². The van der Waals surface area contributed by atoms with Crippen molar-refractivity contribution in [2.45, 2.75) is 38.2 Å². The van der Waals surface area contributed by atoms with Crippen LogP contribution in [0.5, 0.6) is 0 Å². The molecule has 0 aliphatic carbocycles. The smallest absolute Gasteiger partial charge is 0.0830 e. The van der Waals surface area contributed by atoms with Crippen LogP contribution >= 0.6 is 0 Å². The Hall–Kier alpha value is -0.860. The van der Waals surface area contributed by atoms with Crippen LogP contribution in [0, 0.1) is 5.92 Å². The molecule has 98 valence electrons. The summed E-state index contributed by atoms with van der Waals surface area (Å²) in [5, 5.41) is 3.56. The van der Waals surface area contributed by atoms with E-state index in [0.29, 0.717) is 6.10 Å². The molecule has 1 saturated heterocycles. The molecule has 2 nitrogen and oxygen atoms in total. The molecule has 0 spiro atoms. The van der Waals surface area contributed by atoms with E-state index in [2.05, 4.69) is 29.6 Å².